The van der Waals surface area contributed by atoms with Gasteiger partial charge in [-0.3, -0.25) is 0 Å². The maximum atomic E-state index is 4.68. The number of likely N-dealkylation sites (tertiary alicyclic amines) is 1. The zero-order valence-corrected chi connectivity index (χ0v) is 15.4. The predicted molar refractivity (Wildman–Crippen MR) is 102 cm³/mol. The molecule has 1 aliphatic heterocycles. The summed E-state index contributed by atoms with van der Waals surface area (Å²) in [7, 11) is 0. The molecule has 1 fully saturated rings. The Hall–Kier alpha value is -1.99. The molecule has 1 saturated heterocycles. The van der Waals surface area contributed by atoms with Gasteiger partial charge < -0.3 is 10.2 Å². The topological polar surface area (TPSA) is 58.3 Å². The van der Waals surface area contributed by atoms with Gasteiger partial charge in [-0.15, -0.1) is 15.3 Å². The van der Waals surface area contributed by atoms with Crippen molar-refractivity contribution in [2.24, 2.45) is 5.92 Å². The van der Waals surface area contributed by atoms with Gasteiger partial charge in [-0.1, -0.05) is 6.92 Å². The fourth-order valence-electron chi connectivity index (χ4n) is 3.45. The van der Waals surface area contributed by atoms with Gasteiger partial charge in [0.05, 0.1) is 0 Å². The molecule has 0 saturated carbocycles. The van der Waals surface area contributed by atoms with Gasteiger partial charge in [-0.05, 0) is 68.4 Å². The van der Waals surface area contributed by atoms with Crippen LogP contribution in [0.4, 0.5) is 5.82 Å². The third-order valence-electron chi connectivity index (χ3n) is 5.06. The Morgan fingerprint density at radius 3 is 2.84 bits per heavy atom. The molecule has 0 bridgehead atoms. The van der Waals surface area contributed by atoms with E-state index in [4.69, 9.17) is 0 Å². The van der Waals surface area contributed by atoms with E-state index in [0.717, 1.165) is 35.3 Å². The number of thiophene rings is 1. The molecule has 0 unspecified atom stereocenters. The molecule has 0 radical (unpaired) electrons. The Morgan fingerprint density at radius 2 is 2.08 bits per heavy atom. The molecule has 0 aliphatic carbocycles. The Morgan fingerprint density at radius 1 is 1.20 bits per heavy atom. The van der Waals surface area contributed by atoms with Crippen LogP contribution in [0.25, 0.3) is 17.0 Å². The number of anilines is 1. The Kier molecular flexibility index (Phi) is 4.94. The van der Waals surface area contributed by atoms with Crippen molar-refractivity contribution in [1.82, 2.24) is 24.7 Å². The summed E-state index contributed by atoms with van der Waals surface area (Å²) in [6.45, 7) is 6.89. The van der Waals surface area contributed by atoms with Gasteiger partial charge in [0.2, 0.25) is 0 Å². The molecule has 0 aromatic carbocycles. The van der Waals surface area contributed by atoms with Crippen molar-refractivity contribution in [3.8, 4) is 11.4 Å². The second-order valence-electron chi connectivity index (χ2n) is 6.62. The lowest BCUT2D eigenvalue weighted by Gasteiger charge is -2.31. The van der Waals surface area contributed by atoms with Gasteiger partial charge in [0.1, 0.15) is 5.82 Å². The van der Waals surface area contributed by atoms with E-state index >= 15 is 0 Å². The average Bonchev–Trinajstić information content (AvgIpc) is 3.31. The minimum atomic E-state index is 0.777. The fraction of sp³-hybridized carbons (Fsp3) is 0.500. The second-order valence-corrected chi connectivity index (χ2v) is 7.40. The molecule has 4 heterocycles. The highest BCUT2D eigenvalue weighted by Crippen LogP contribution is 2.22. The smallest absolute Gasteiger partial charge is 0.186 e. The van der Waals surface area contributed by atoms with E-state index in [0.29, 0.717) is 0 Å². The molecule has 7 heteroatoms. The highest BCUT2D eigenvalue weighted by Gasteiger charge is 2.17. The summed E-state index contributed by atoms with van der Waals surface area (Å²) in [6.07, 6.45) is 3.84. The third-order valence-corrected chi connectivity index (χ3v) is 5.74. The van der Waals surface area contributed by atoms with Gasteiger partial charge in [-0.25, -0.2) is 0 Å². The highest BCUT2D eigenvalue weighted by molar-refractivity contribution is 7.08. The predicted octanol–water partition coefficient (Wildman–Crippen LogP) is 3.39. The Balaban J connectivity index is 1.38. The number of hydrogen-bond donors (Lipinski definition) is 1. The van der Waals surface area contributed by atoms with Crippen molar-refractivity contribution in [2.75, 3.05) is 31.5 Å². The molecule has 3 aromatic heterocycles. The van der Waals surface area contributed by atoms with Gasteiger partial charge >= 0.3 is 0 Å². The second kappa shape index (κ2) is 7.49. The van der Waals surface area contributed by atoms with E-state index in [1.54, 1.807) is 11.3 Å². The number of rotatable bonds is 6. The number of hydrogen-bond acceptors (Lipinski definition) is 6. The molecule has 132 valence electrons. The van der Waals surface area contributed by atoms with Crippen LogP contribution in [0.2, 0.25) is 0 Å². The van der Waals surface area contributed by atoms with E-state index in [-0.39, 0.29) is 0 Å². The summed E-state index contributed by atoms with van der Waals surface area (Å²) in [5.41, 5.74) is 1.84. The standard InChI is InChI=1S/C18H24N6S/c1-2-23-10-6-14(7-11-23)5-9-19-16-3-4-17-20-21-18(24(17)22-16)15-8-12-25-13-15/h3-4,8,12-14H,2,5-7,9-11H2,1H3,(H,19,22). The molecule has 3 aromatic rings. The van der Waals surface area contributed by atoms with Crippen LogP contribution in [-0.4, -0.2) is 50.9 Å². The van der Waals surface area contributed by atoms with Crippen molar-refractivity contribution in [3.63, 3.8) is 0 Å². The quantitative estimate of drug-likeness (QED) is 0.734. The van der Waals surface area contributed by atoms with E-state index in [1.165, 1.54) is 38.9 Å². The van der Waals surface area contributed by atoms with Crippen molar-refractivity contribution >= 4 is 22.8 Å². The lowest BCUT2D eigenvalue weighted by Crippen LogP contribution is -2.33. The largest absolute Gasteiger partial charge is 0.369 e. The minimum Gasteiger partial charge on any atom is -0.369 e. The number of nitrogens with one attached hydrogen (secondary N) is 1. The van der Waals surface area contributed by atoms with Gasteiger partial charge in [-0.2, -0.15) is 15.9 Å². The maximum Gasteiger partial charge on any atom is 0.186 e. The molecule has 0 amide bonds. The van der Waals surface area contributed by atoms with E-state index in [2.05, 4.69) is 37.8 Å². The maximum absolute atomic E-state index is 4.68. The molecule has 0 atom stereocenters. The molecule has 6 nitrogen and oxygen atoms in total. The van der Waals surface area contributed by atoms with Crippen LogP contribution in [0, 0.1) is 5.92 Å². The van der Waals surface area contributed by atoms with Crippen molar-refractivity contribution < 1.29 is 0 Å². The molecule has 25 heavy (non-hydrogen) atoms. The Bertz CT molecular complexity index is 804. The van der Waals surface area contributed by atoms with Crippen LogP contribution >= 0.6 is 11.3 Å². The monoisotopic (exact) mass is 356 g/mol. The van der Waals surface area contributed by atoms with Crippen LogP contribution in [0.5, 0.6) is 0 Å². The van der Waals surface area contributed by atoms with Gasteiger partial charge in [0, 0.05) is 17.5 Å². The lowest BCUT2D eigenvalue weighted by molar-refractivity contribution is 0.189. The first-order chi connectivity index (χ1) is 12.3. The van der Waals surface area contributed by atoms with E-state index in [9.17, 15) is 0 Å². The van der Waals surface area contributed by atoms with Crippen LogP contribution in [0.3, 0.4) is 0 Å². The van der Waals surface area contributed by atoms with E-state index in [1.807, 2.05) is 28.1 Å². The summed E-state index contributed by atoms with van der Waals surface area (Å²) in [4.78, 5) is 2.54. The zero-order valence-electron chi connectivity index (χ0n) is 14.6. The highest BCUT2D eigenvalue weighted by atomic mass is 32.1. The molecule has 0 spiro atoms. The van der Waals surface area contributed by atoms with Crippen molar-refractivity contribution in [1.29, 1.82) is 0 Å². The van der Waals surface area contributed by atoms with E-state index < -0.39 is 0 Å². The van der Waals surface area contributed by atoms with Crippen molar-refractivity contribution in [2.45, 2.75) is 26.2 Å². The molecule has 4 rings (SSSR count). The van der Waals surface area contributed by atoms with Crippen LogP contribution in [0.1, 0.15) is 26.2 Å². The van der Waals surface area contributed by atoms with Crippen molar-refractivity contribution in [3.05, 3.63) is 29.0 Å². The SMILES string of the molecule is CCN1CCC(CCNc2ccc3nnc(-c4ccsc4)n3n2)CC1. The molecule has 1 aliphatic rings. The number of fused-ring (bicyclic) bond motifs is 1. The zero-order chi connectivity index (χ0) is 17.1. The first-order valence-corrected chi connectivity index (χ1v) is 9.99. The summed E-state index contributed by atoms with van der Waals surface area (Å²) in [6, 6.07) is 6.00. The number of aromatic nitrogens is 4. The summed E-state index contributed by atoms with van der Waals surface area (Å²) in [5, 5.41) is 20.7. The number of piperidine rings is 1. The summed E-state index contributed by atoms with van der Waals surface area (Å²) in [5.74, 6) is 2.51. The Labute approximate surface area is 151 Å². The van der Waals surface area contributed by atoms with Crippen LogP contribution < -0.4 is 5.32 Å². The normalized spacial score (nSPS) is 16.5. The summed E-state index contributed by atoms with van der Waals surface area (Å²) < 4.78 is 1.82. The molecule has 1 N–H and O–H groups in total. The van der Waals surface area contributed by atoms with Gasteiger partial charge in [0.15, 0.2) is 11.5 Å². The third kappa shape index (κ3) is 3.67. The lowest BCUT2D eigenvalue weighted by atomic mass is 9.93. The molecular weight excluding hydrogens is 332 g/mol. The fourth-order valence-corrected chi connectivity index (χ4v) is 4.08. The average molecular weight is 356 g/mol. The van der Waals surface area contributed by atoms with Gasteiger partial charge in [0.25, 0.3) is 0 Å². The summed E-state index contributed by atoms with van der Waals surface area (Å²) >= 11 is 1.65. The first kappa shape index (κ1) is 16.5. The minimum absolute atomic E-state index is 0.777. The van der Waals surface area contributed by atoms with Crippen LogP contribution in [-0.2, 0) is 0 Å². The van der Waals surface area contributed by atoms with Crippen LogP contribution in [0.15, 0.2) is 29.0 Å². The molecular formula is C18H24N6S. The number of nitrogens with zero attached hydrogens (tertiary/aromatic N) is 5. The first-order valence-electron chi connectivity index (χ1n) is 9.04.